The highest BCUT2D eigenvalue weighted by Crippen LogP contribution is 2.24. The Morgan fingerprint density at radius 3 is 2.56 bits per heavy atom. The second kappa shape index (κ2) is 5.03. The van der Waals surface area contributed by atoms with Gasteiger partial charge in [0.25, 0.3) is 0 Å². The van der Waals surface area contributed by atoms with Gasteiger partial charge in [0.05, 0.1) is 25.7 Å². The highest BCUT2D eigenvalue weighted by Gasteiger charge is 2.39. The third-order valence-electron chi connectivity index (χ3n) is 3.98. The van der Waals surface area contributed by atoms with Crippen LogP contribution in [0.5, 0.6) is 0 Å². The highest BCUT2D eigenvalue weighted by atomic mass is 16.5. The maximum absolute atomic E-state index is 5.71. The Hall–Kier alpha value is -0.840. The first-order valence-electron chi connectivity index (χ1n) is 6.82. The number of fused-ring (bicyclic) bond motifs is 2. The normalized spacial score (nSPS) is 29.9. The zero-order chi connectivity index (χ0) is 12.5. The lowest BCUT2D eigenvalue weighted by molar-refractivity contribution is -0.111. The van der Waals surface area contributed by atoms with Crippen LogP contribution in [-0.2, 0) is 11.3 Å². The predicted molar refractivity (Wildman–Crippen MR) is 69.4 cm³/mol. The third-order valence-corrected chi connectivity index (χ3v) is 3.98. The molecule has 4 nitrogen and oxygen atoms in total. The minimum Gasteiger partial charge on any atom is -0.472 e. The van der Waals surface area contributed by atoms with Gasteiger partial charge in [-0.05, 0) is 19.9 Å². The van der Waals surface area contributed by atoms with Crippen molar-refractivity contribution in [2.24, 2.45) is 0 Å². The minimum absolute atomic E-state index is 0.546. The smallest absolute Gasteiger partial charge is 0.0947 e. The van der Waals surface area contributed by atoms with Crippen LogP contribution < -0.4 is 0 Å². The molecule has 1 aromatic heterocycles. The van der Waals surface area contributed by atoms with E-state index in [1.165, 1.54) is 5.56 Å². The van der Waals surface area contributed by atoms with E-state index in [0.29, 0.717) is 18.1 Å². The lowest BCUT2D eigenvalue weighted by atomic mass is 10.0. The van der Waals surface area contributed by atoms with E-state index in [2.05, 4.69) is 29.7 Å². The van der Waals surface area contributed by atoms with Gasteiger partial charge in [-0.1, -0.05) is 0 Å². The van der Waals surface area contributed by atoms with Crippen LogP contribution in [-0.4, -0.2) is 54.2 Å². The van der Waals surface area contributed by atoms with Crippen molar-refractivity contribution in [1.82, 2.24) is 9.80 Å². The Kier molecular flexibility index (Phi) is 3.41. The van der Waals surface area contributed by atoms with Crippen LogP contribution in [0, 0.1) is 0 Å². The Labute approximate surface area is 108 Å². The van der Waals surface area contributed by atoms with Gasteiger partial charge in [-0.25, -0.2) is 0 Å². The molecular weight excluding hydrogens is 228 g/mol. The van der Waals surface area contributed by atoms with Crippen LogP contribution in [0.3, 0.4) is 0 Å². The van der Waals surface area contributed by atoms with Crippen LogP contribution in [0.2, 0.25) is 0 Å². The molecular formula is C14H22N2O2. The average Bonchev–Trinajstić information content (AvgIpc) is 2.80. The van der Waals surface area contributed by atoms with Gasteiger partial charge in [0.2, 0.25) is 0 Å². The van der Waals surface area contributed by atoms with E-state index in [9.17, 15) is 0 Å². The Bertz CT molecular complexity index is 363. The van der Waals surface area contributed by atoms with Crippen molar-refractivity contribution >= 4 is 0 Å². The number of furan rings is 1. The molecule has 2 unspecified atom stereocenters. The van der Waals surface area contributed by atoms with Gasteiger partial charge >= 0.3 is 0 Å². The average molecular weight is 250 g/mol. The molecule has 2 aliphatic heterocycles. The Morgan fingerprint density at radius 1 is 1.28 bits per heavy atom. The topological polar surface area (TPSA) is 28.9 Å². The first-order chi connectivity index (χ1) is 8.74. The second-order valence-electron chi connectivity index (χ2n) is 5.71. The maximum Gasteiger partial charge on any atom is 0.0947 e. The standard InChI is InChI=1S/C14H22N2O2/c1-11(2)16-13-6-15(5-12-3-4-17-8-12)7-14(16)10-18-9-13/h3-4,8,11,13-14H,5-7,9-10H2,1-2H3. The van der Waals surface area contributed by atoms with Crippen molar-refractivity contribution in [1.29, 1.82) is 0 Å². The molecule has 2 aliphatic rings. The van der Waals surface area contributed by atoms with Crippen molar-refractivity contribution in [2.75, 3.05) is 26.3 Å². The van der Waals surface area contributed by atoms with Gasteiger partial charge in [0.1, 0.15) is 0 Å². The Morgan fingerprint density at radius 2 is 2.00 bits per heavy atom. The first-order valence-corrected chi connectivity index (χ1v) is 6.82. The van der Waals surface area contributed by atoms with Crippen LogP contribution in [0.1, 0.15) is 19.4 Å². The van der Waals surface area contributed by atoms with Crippen molar-refractivity contribution in [3.8, 4) is 0 Å². The number of hydrogen-bond donors (Lipinski definition) is 0. The quantitative estimate of drug-likeness (QED) is 0.814. The fraction of sp³-hybridized carbons (Fsp3) is 0.714. The second-order valence-corrected chi connectivity index (χ2v) is 5.71. The van der Waals surface area contributed by atoms with Crippen molar-refractivity contribution < 1.29 is 9.15 Å². The number of rotatable bonds is 3. The van der Waals surface area contributed by atoms with Crippen molar-refractivity contribution in [2.45, 2.75) is 38.5 Å². The lowest BCUT2D eigenvalue weighted by Crippen LogP contribution is -2.65. The maximum atomic E-state index is 5.71. The largest absolute Gasteiger partial charge is 0.472 e. The number of piperazine rings is 1. The predicted octanol–water partition coefficient (Wildman–Crippen LogP) is 1.57. The summed E-state index contributed by atoms with van der Waals surface area (Å²) in [6.07, 6.45) is 3.60. The molecule has 2 bridgehead atoms. The SMILES string of the molecule is CC(C)N1C2COCC1CN(Cc1ccoc1)C2. The fourth-order valence-corrected chi connectivity index (χ4v) is 3.39. The summed E-state index contributed by atoms with van der Waals surface area (Å²) in [7, 11) is 0. The molecule has 0 amide bonds. The monoisotopic (exact) mass is 250 g/mol. The van der Waals surface area contributed by atoms with Gasteiger partial charge in [-0.2, -0.15) is 0 Å². The van der Waals surface area contributed by atoms with E-state index in [1.54, 1.807) is 6.26 Å². The molecule has 2 fully saturated rings. The molecule has 1 aromatic rings. The summed E-state index contributed by atoms with van der Waals surface area (Å²) in [5.41, 5.74) is 1.27. The minimum atomic E-state index is 0.546. The van der Waals surface area contributed by atoms with E-state index in [1.807, 2.05) is 6.26 Å². The zero-order valence-corrected chi connectivity index (χ0v) is 11.2. The molecule has 0 saturated carbocycles. The van der Waals surface area contributed by atoms with E-state index < -0.39 is 0 Å². The summed E-state index contributed by atoms with van der Waals surface area (Å²) < 4.78 is 10.9. The van der Waals surface area contributed by atoms with Gasteiger partial charge in [-0.3, -0.25) is 9.80 Å². The number of morpholine rings is 1. The summed E-state index contributed by atoms with van der Waals surface area (Å²) in [6.45, 7) is 9.51. The molecule has 2 saturated heterocycles. The van der Waals surface area contributed by atoms with Crippen LogP contribution in [0.4, 0.5) is 0 Å². The van der Waals surface area contributed by atoms with Gasteiger partial charge < -0.3 is 9.15 Å². The number of ether oxygens (including phenoxy) is 1. The molecule has 0 spiro atoms. The molecule has 0 aliphatic carbocycles. The molecule has 2 atom stereocenters. The van der Waals surface area contributed by atoms with Crippen LogP contribution in [0.15, 0.2) is 23.0 Å². The van der Waals surface area contributed by atoms with E-state index in [-0.39, 0.29) is 0 Å². The number of nitrogens with zero attached hydrogens (tertiary/aromatic N) is 2. The Balaban J connectivity index is 1.68. The molecule has 3 rings (SSSR count). The molecule has 3 heterocycles. The van der Waals surface area contributed by atoms with Crippen molar-refractivity contribution in [3.05, 3.63) is 24.2 Å². The fourth-order valence-electron chi connectivity index (χ4n) is 3.39. The highest BCUT2D eigenvalue weighted by molar-refractivity contribution is 5.06. The van der Waals surface area contributed by atoms with E-state index in [4.69, 9.17) is 9.15 Å². The number of hydrogen-bond acceptors (Lipinski definition) is 4. The summed E-state index contributed by atoms with van der Waals surface area (Å²) in [5, 5.41) is 0. The third kappa shape index (κ3) is 2.32. The summed E-state index contributed by atoms with van der Waals surface area (Å²) in [5.74, 6) is 0. The van der Waals surface area contributed by atoms with Crippen molar-refractivity contribution in [3.63, 3.8) is 0 Å². The van der Waals surface area contributed by atoms with E-state index >= 15 is 0 Å². The van der Waals surface area contributed by atoms with Crippen LogP contribution >= 0.6 is 0 Å². The zero-order valence-electron chi connectivity index (χ0n) is 11.2. The summed E-state index contributed by atoms with van der Waals surface area (Å²) in [6, 6.07) is 3.76. The van der Waals surface area contributed by atoms with Gasteiger partial charge in [0, 0.05) is 43.3 Å². The molecule has 0 N–H and O–H groups in total. The van der Waals surface area contributed by atoms with Gasteiger partial charge in [-0.15, -0.1) is 0 Å². The van der Waals surface area contributed by atoms with E-state index in [0.717, 1.165) is 32.8 Å². The molecule has 4 heteroatoms. The first kappa shape index (κ1) is 12.2. The van der Waals surface area contributed by atoms with Gasteiger partial charge in [0.15, 0.2) is 0 Å². The summed E-state index contributed by atoms with van der Waals surface area (Å²) >= 11 is 0. The molecule has 0 radical (unpaired) electrons. The molecule has 0 aromatic carbocycles. The van der Waals surface area contributed by atoms with Crippen LogP contribution in [0.25, 0.3) is 0 Å². The molecule has 18 heavy (non-hydrogen) atoms. The lowest BCUT2D eigenvalue weighted by Gasteiger charge is -2.51. The summed E-state index contributed by atoms with van der Waals surface area (Å²) in [4.78, 5) is 5.16. The molecule has 100 valence electrons.